The highest BCUT2D eigenvalue weighted by atomic mass is 79.9. The van der Waals surface area contributed by atoms with Crippen molar-refractivity contribution in [3.63, 3.8) is 0 Å². The number of nitro groups is 1. The lowest BCUT2D eigenvalue weighted by Gasteiger charge is -2.08. The van der Waals surface area contributed by atoms with Crippen LogP contribution in [0, 0.1) is 21.4 Å². The van der Waals surface area contributed by atoms with Crippen molar-refractivity contribution in [2.45, 2.75) is 0 Å². The molecule has 0 aliphatic heterocycles. The zero-order valence-electron chi connectivity index (χ0n) is 18.0. The molecule has 0 saturated heterocycles. The van der Waals surface area contributed by atoms with Crippen molar-refractivity contribution >= 4 is 107 Å². The highest BCUT2D eigenvalue weighted by Gasteiger charge is 2.26. The van der Waals surface area contributed by atoms with Gasteiger partial charge in [-0.2, -0.15) is 5.26 Å². The molecule has 192 valence electrons. The first-order valence-corrected chi connectivity index (χ1v) is 13.4. The second kappa shape index (κ2) is 12.5. The summed E-state index contributed by atoms with van der Waals surface area (Å²) in [5.74, 6) is 0.672. The van der Waals surface area contributed by atoms with Gasteiger partial charge < -0.3 is 14.7 Å². The van der Waals surface area contributed by atoms with Crippen molar-refractivity contribution in [2.75, 3.05) is 7.11 Å². The number of benzene rings is 2. The average Bonchev–Trinajstić information content (AvgIpc) is 3.30. The number of ether oxygens (including phenoxy) is 1. The van der Waals surface area contributed by atoms with Gasteiger partial charge in [0.2, 0.25) is 0 Å². The Morgan fingerprint density at radius 2 is 1.46 bits per heavy atom. The van der Waals surface area contributed by atoms with Gasteiger partial charge in [-0.3, -0.25) is 10.1 Å². The van der Waals surface area contributed by atoms with E-state index in [9.17, 15) is 10.1 Å². The summed E-state index contributed by atoms with van der Waals surface area (Å²) < 4.78 is 6.74. The van der Waals surface area contributed by atoms with Crippen molar-refractivity contribution in [1.82, 2.24) is 9.97 Å². The molecule has 0 saturated carbocycles. The van der Waals surface area contributed by atoms with Crippen molar-refractivity contribution in [3.8, 4) is 34.3 Å². The third-order valence-electron chi connectivity index (χ3n) is 4.76. The number of methoxy groups -OCH3 is 1. The molecule has 0 bridgehead atoms. The topological polar surface area (TPSA) is 108 Å². The van der Waals surface area contributed by atoms with E-state index in [1.807, 2.05) is 18.2 Å². The molecule has 0 spiro atoms. The molecule has 15 heteroatoms. The molecule has 7 nitrogen and oxygen atoms in total. The maximum atomic E-state index is 11.0. The second-order valence-corrected chi connectivity index (χ2v) is 11.0. The average molecular weight is 751 g/mol. The van der Waals surface area contributed by atoms with Gasteiger partial charge >= 0.3 is 5.69 Å². The van der Waals surface area contributed by atoms with E-state index in [2.05, 4.69) is 41.8 Å². The third kappa shape index (κ3) is 6.35. The number of halogens is 8. The fourth-order valence-electron chi connectivity index (χ4n) is 3.14. The molecule has 2 aromatic carbocycles. The summed E-state index contributed by atoms with van der Waals surface area (Å²) in [7, 11) is 1.58. The molecule has 2 aromatic heterocycles. The van der Waals surface area contributed by atoms with E-state index in [4.69, 9.17) is 79.6 Å². The molecule has 0 radical (unpaired) electrons. The van der Waals surface area contributed by atoms with E-state index in [1.54, 1.807) is 13.2 Å². The summed E-state index contributed by atoms with van der Waals surface area (Å²) in [5.41, 5.74) is 2.03. The number of nitrogens with one attached hydrogen (secondary N) is 2. The molecule has 0 unspecified atom stereocenters. The molecule has 37 heavy (non-hydrogen) atoms. The van der Waals surface area contributed by atoms with E-state index < -0.39 is 4.92 Å². The molecule has 0 aliphatic rings. The lowest BCUT2D eigenvalue weighted by atomic mass is 10.1. The van der Waals surface area contributed by atoms with Gasteiger partial charge in [-0.1, -0.05) is 75.7 Å². The van der Waals surface area contributed by atoms with Crippen LogP contribution in [0.4, 0.5) is 5.69 Å². The Bertz CT molecular complexity index is 1540. The van der Waals surface area contributed by atoms with Crippen molar-refractivity contribution in [2.24, 2.45) is 0 Å². The summed E-state index contributed by atoms with van der Waals surface area (Å²) in [6, 6.07) is 10.3. The third-order valence-corrected chi connectivity index (χ3v) is 8.19. The summed E-state index contributed by atoms with van der Waals surface area (Å²) >= 11 is 41.9. The van der Waals surface area contributed by atoms with E-state index in [0.29, 0.717) is 27.6 Å². The Morgan fingerprint density at radius 3 is 1.97 bits per heavy atom. The second-order valence-electron chi connectivity index (χ2n) is 6.95. The quantitative estimate of drug-likeness (QED) is 0.160. The van der Waals surface area contributed by atoms with Crippen LogP contribution in [0.5, 0.6) is 5.75 Å². The van der Waals surface area contributed by atoms with Gasteiger partial charge in [-0.05, 0) is 56.1 Å². The van der Waals surface area contributed by atoms with Crippen LogP contribution in [0.2, 0.25) is 30.4 Å². The van der Waals surface area contributed by atoms with Crippen molar-refractivity contribution in [1.29, 1.82) is 5.26 Å². The minimum atomic E-state index is -0.609. The molecule has 4 aromatic rings. The van der Waals surface area contributed by atoms with Crippen LogP contribution in [0.1, 0.15) is 5.56 Å². The van der Waals surface area contributed by atoms with E-state index in [1.165, 1.54) is 12.1 Å². The van der Waals surface area contributed by atoms with Gasteiger partial charge in [0.15, 0.2) is 5.02 Å². The van der Waals surface area contributed by atoms with Gasteiger partial charge in [0, 0.05) is 11.1 Å². The first-order chi connectivity index (χ1) is 17.4. The summed E-state index contributed by atoms with van der Waals surface area (Å²) in [5, 5.41) is 21.1. The van der Waals surface area contributed by atoms with Crippen LogP contribution >= 0.6 is 101 Å². The number of nitrogens with zero attached hydrogens (tertiary/aromatic N) is 2. The fraction of sp³-hybridized carbons (Fsp3) is 0.0455. The summed E-state index contributed by atoms with van der Waals surface area (Å²) in [6.45, 7) is 0. The fourth-order valence-corrected chi connectivity index (χ4v) is 5.71. The molecule has 0 aliphatic carbocycles. The Balaban J connectivity index is 0.000000206. The number of aromatic nitrogens is 2. The zero-order valence-corrected chi connectivity index (χ0v) is 25.7. The standard InChI is InChI=1S/C12H6Br2Cl2N2O.C10H4Cl4N2O2/c1-19-11-7(13)2-5(3-8(11)14)10-6(4-17)9(15)12(16)18-10;11-5-2-1-4(3-6(5)12)8-9(16(17)18)7(13)10(14)15-8/h2-3,18H,1H3;1-3,15H. The van der Waals surface area contributed by atoms with Gasteiger partial charge in [0.25, 0.3) is 0 Å². The Kier molecular flexibility index (Phi) is 10.1. The van der Waals surface area contributed by atoms with Gasteiger partial charge in [0.05, 0.1) is 47.3 Å². The van der Waals surface area contributed by atoms with Gasteiger partial charge in [-0.15, -0.1) is 0 Å². The molecule has 0 atom stereocenters. The van der Waals surface area contributed by atoms with Crippen LogP contribution in [0.3, 0.4) is 0 Å². The predicted octanol–water partition coefficient (Wildman–Crippen LogP) is 10.6. The van der Waals surface area contributed by atoms with Crippen molar-refractivity contribution in [3.05, 3.63) is 85.4 Å². The number of nitriles is 1. The molecule has 0 fully saturated rings. The predicted molar refractivity (Wildman–Crippen MR) is 156 cm³/mol. The number of hydrogen-bond acceptors (Lipinski definition) is 4. The number of H-pyrrole nitrogens is 2. The smallest absolute Gasteiger partial charge is 0.314 e. The molecule has 2 N–H and O–H groups in total. The normalized spacial score (nSPS) is 10.5. The minimum Gasteiger partial charge on any atom is -0.494 e. The van der Waals surface area contributed by atoms with Crippen LogP contribution in [0.25, 0.3) is 22.5 Å². The zero-order chi connectivity index (χ0) is 27.6. The molecular weight excluding hydrogens is 741 g/mol. The van der Waals surface area contributed by atoms with Gasteiger partial charge in [0.1, 0.15) is 27.8 Å². The monoisotopic (exact) mass is 746 g/mol. The van der Waals surface area contributed by atoms with Crippen molar-refractivity contribution < 1.29 is 9.66 Å². The van der Waals surface area contributed by atoms with Crippen LogP contribution in [0.15, 0.2) is 39.3 Å². The largest absolute Gasteiger partial charge is 0.494 e. The summed E-state index contributed by atoms with van der Waals surface area (Å²) in [4.78, 5) is 15.9. The Hall–Kier alpha value is -1.61. The first kappa shape index (κ1) is 29.9. The molecule has 2 heterocycles. The SMILES string of the molecule is COc1c(Br)cc(-c2[nH]c(Cl)c(Cl)c2C#N)cc1Br.O=[N+]([O-])c1c(-c2ccc(Cl)c(Cl)c2)[nH]c(Cl)c1Cl. The van der Waals surface area contributed by atoms with E-state index in [0.717, 1.165) is 14.5 Å². The maximum Gasteiger partial charge on any atom is 0.314 e. The Morgan fingerprint density at radius 1 is 0.892 bits per heavy atom. The highest BCUT2D eigenvalue weighted by Crippen LogP contribution is 2.42. The molecule has 0 amide bonds. The number of rotatable bonds is 4. The first-order valence-electron chi connectivity index (χ1n) is 9.58. The summed E-state index contributed by atoms with van der Waals surface area (Å²) in [6.07, 6.45) is 0. The Labute approximate surface area is 256 Å². The van der Waals surface area contributed by atoms with Crippen LogP contribution < -0.4 is 4.74 Å². The number of hydrogen-bond donors (Lipinski definition) is 2. The molecular formula is C22H10Br2Cl6N4O3. The van der Waals surface area contributed by atoms with E-state index >= 15 is 0 Å². The number of aromatic amines is 2. The maximum absolute atomic E-state index is 11.0. The van der Waals surface area contributed by atoms with Gasteiger partial charge in [-0.25, -0.2) is 0 Å². The highest BCUT2D eigenvalue weighted by molar-refractivity contribution is 9.11. The molecule has 4 rings (SSSR count). The lowest BCUT2D eigenvalue weighted by Crippen LogP contribution is -1.90. The van der Waals surface area contributed by atoms with E-state index in [-0.39, 0.29) is 36.8 Å². The lowest BCUT2D eigenvalue weighted by molar-refractivity contribution is -0.383. The van der Waals surface area contributed by atoms with Crippen LogP contribution in [-0.2, 0) is 0 Å². The van der Waals surface area contributed by atoms with Crippen LogP contribution in [-0.4, -0.2) is 22.0 Å². The minimum absolute atomic E-state index is 0.00411.